The van der Waals surface area contributed by atoms with Crippen molar-refractivity contribution < 1.29 is 4.79 Å². The van der Waals surface area contributed by atoms with Gasteiger partial charge in [-0.2, -0.15) is 11.8 Å². The number of carbonyl (C=O) groups excluding carboxylic acids is 1. The second-order valence-corrected chi connectivity index (χ2v) is 7.15. The Kier molecular flexibility index (Phi) is 6.91. The molecule has 0 saturated carbocycles. The molecule has 0 aliphatic heterocycles. The number of rotatable bonds is 8. The van der Waals surface area contributed by atoms with Gasteiger partial charge in [-0.15, -0.1) is 0 Å². The summed E-state index contributed by atoms with van der Waals surface area (Å²) >= 11 is 1.88. The van der Waals surface area contributed by atoms with Gasteiger partial charge in [-0.1, -0.05) is 72.8 Å². The highest BCUT2D eigenvalue weighted by molar-refractivity contribution is 7.97. The van der Waals surface area contributed by atoms with Crippen LogP contribution in [-0.2, 0) is 17.9 Å². The van der Waals surface area contributed by atoms with Gasteiger partial charge in [0, 0.05) is 23.6 Å². The molecule has 3 aromatic rings. The van der Waals surface area contributed by atoms with Gasteiger partial charge in [-0.05, 0) is 35.2 Å². The fourth-order valence-corrected chi connectivity index (χ4v) is 3.64. The van der Waals surface area contributed by atoms with Crippen molar-refractivity contribution in [1.29, 1.82) is 0 Å². The van der Waals surface area contributed by atoms with E-state index in [2.05, 4.69) is 41.7 Å². The van der Waals surface area contributed by atoms with Crippen LogP contribution in [0.5, 0.6) is 0 Å². The number of thioether (sulfide) groups is 1. The summed E-state index contributed by atoms with van der Waals surface area (Å²) in [7, 11) is 0. The van der Waals surface area contributed by atoms with E-state index >= 15 is 0 Å². The molecule has 0 aromatic heterocycles. The molecule has 0 saturated heterocycles. The SMILES string of the molecule is O=C(NCCc1ccccc1)c1ccc(CSCc2ccccc2)cc1. The van der Waals surface area contributed by atoms with Gasteiger partial charge in [0.1, 0.15) is 0 Å². The lowest BCUT2D eigenvalue weighted by Crippen LogP contribution is -2.25. The maximum Gasteiger partial charge on any atom is 0.251 e. The Bertz CT molecular complexity index is 801. The first-order valence-corrected chi connectivity index (χ1v) is 9.99. The number of amides is 1. The van der Waals surface area contributed by atoms with Crippen LogP contribution in [0.15, 0.2) is 84.9 Å². The van der Waals surface area contributed by atoms with E-state index in [1.165, 1.54) is 16.7 Å². The summed E-state index contributed by atoms with van der Waals surface area (Å²) in [6, 6.07) is 28.6. The average Bonchev–Trinajstić information content (AvgIpc) is 2.70. The first-order valence-electron chi connectivity index (χ1n) is 8.84. The number of hydrogen-bond donors (Lipinski definition) is 1. The van der Waals surface area contributed by atoms with Crippen molar-refractivity contribution in [2.24, 2.45) is 0 Å². The second kappa shape index (κ2) is 9.83. The van der Waals surface area contributed by atoms with Crippen molar-refractivity contribution in [2.45, 2.75) is 17.9 Å². The van der Waals surface area contributed by atoms with E-state index in [1.807, 2.05) is 60.3 Å². The van der Waals surface area contributed by atoms with Crippen LogP contribution in [0.2, 0.25) is 0 Å². The average molecular weight is 362 g/mol. The van der Waals surface area contributed by atoms with E-state index in [1.54, 1.807) is 0 Å². The van der Waals surface area contributed by atoms with Crippen LogP contribution in [-0.4, -0.2) is 12.5 Å². The predicted octanol–water partition coefficient (Wildman–Crippen LogP) is 5.09. The van der Waals surface area contributed by atoms with Crippen molar-refractivity contribution in [1.82, 2.24) is 5.32 Å². The maximum absolute atomic E-state index is 12.2. The van der Waals surface area contributed by atoms with E-state index in [0.717, 1.165) is 23.5 Å². The van der Waals surface area contributed by atoms with E-state index in [9.17, 15) is 4.79 Å². The fraction of sp³-hybridized carbons (Fsp3) is 0.174. The van der Waals surface area contributed by atoms with E-state index in [4.69, 9.17) is 0 Å². The van der Waals surface area contributed by atoms with Gasteiger partial charge in [0.2, 0.25) is 0 Å². The molecule has 3 aromatic carbocycles. The third kappa shape index (κ3) is 5.78. The quantitative estimate of drug-likeness (QED) is 0.605. The van der Waals surface area contributed by atoms with Gasteiger partial charge in [-0.25, -0.2) is 0 Å². The smallest absolute Gasteiger partial charge is 0.251 e. The predicted molar refractivity (Wildman–Crippen MR) is 110 cm³/mol. The van der Waals surface area contributed by atoms with Crippen LogP contribution in [0, 0.1) is 0 Å². The van der Waals surface area contributed by atoms with Gasteiger partial charge < -0.3 is 5.32 Å². The van der Waals surface area contributed by atoms with E-state index in [-0.39, 0.29) is 5.91 Å². The Morgan fingerprint density at radius 3 is 1.85 bits per heavy atom. The Labute approximate surface area is 159 Å². The molecule has 26 heavy (non-hydrogen) atoms. The van der Waals surface area contributed by atoms with Crippen LogP contribution in [0.4, 0.5) is 0 Å². The van der Waals surface area contributed by atoms with Crippen LogP contribution in [0.1, 0.15) is 27.0 Å². The molecule has 0 aliphatic carbocycles. The number of benzene rings is 3. The lowest BCUT2D eigenvalue weighted by atomic mass is 10.1. The van der Waals surface area contributed by atoms with Crippen LogP contribution in [0.3, 0.4) is 0 Å². The summed E-state index contributed by atoms with van der Waals surface area (Å²) in [5, 5.41) is 2.99. The standard InChI is InChI=1S/C23H23NOS/c25-23(24-16-15-19-7-3-1-4-8-19)22-13-11-21(12-14-22)18-26-17-20-9-5-2-6-10-20/h1-14H,15-18H2,(H,24,25). The van der Waals surface area contributed by atoms with Crippen molar-refractivity contribution in [3.63, 3.8) is 0 Å². The summed E-state index contributed by atoms with van der Waals surface area (Å²) in [5.74, 6) is 1.94. The lowest BCUT2D eigenvalue weighted by Gasteiger charge is -2.07. The topological polar surface area (TPSA) is 29.1 Å². The zero-order valence-corrected chi connectivity index (χ0v) is 15.5. The first kappa shape index (κ1) is 18.3. The highest BCUT2D eigenvalue weighted by atomic mass is 32.2. The monoisotopic (exact) mass is 361 g/mol. The molecule has 0 bridgehead atoms. The third-order valence-electron chi connectivity index (χ3n) is 4.14. The zero-order valence-electron chi connectivity index (χ0n) is 14.7. The molecule has 0 unspecified atom stereocenters. The molecule has 3 rings (SSSR count). The van der Waals surface area contributed by atoms with Crippen LogP contribution < -0.4 is 5.32 Å². The minimum atomic E-state index is -0.00980. The molecule has 0 aliphatic rings. The summed E-state index contributed by atoms with van der Waals surface area (Å²) in [6.07, 6.45) is 0.848. The van der Waals surface area contributed by atoms with Gasteiger partial charge in [-0.3, -0.25) is 4.79 Å². The third-order valence-corrected chi connectivity index (χ3v) is 5.21. The van der Waals surface area contributed by atoms with Gasteiger partial charge in [0.25, 0.3) is 5.91 Å². The fourth-order valence-electron chi connectivity index (χ4n) is 2.68. The molecule has 1 amide bonds. The van der Waals surface area contributed by atoms with Crippen molar-refractivity contribution in [3.8, 4) is 0 Å². The Hall–Kier alpha value is -2.52. The molecular formula is C23H23NOS. The van der Waals surface area contributed by atoms with Gasteiger partial charge >= 0.3 is 0 Å². The molecule has 0 radical (unpaired) electrons. The molecule has 1 N–H and O–H groups in total. The lowest BCUT2D eigenvalue weighted by molar-refractivity contribution is 0.0954. The summed E-state index contributed by atoms with van der Waals surface area (Å²) in [5.41, 5.74) is 4.53. The number of carbonyl (C=O) groups is 1. The van der Waals surface area contributed by atoms with Crippen LogP contribution >= 0.6 is 11.8 Å². The molecule has 0 fully saturated rings. The van der Waals surface area contributed by atoms with Crippen molar-refractivity contribution in [3.05, 3.63) is 107 Å². The normalized spacial score (nSPS) is 10.5. The van der Waals surface area contributed by atoms with Gasteiger partial charge in [0.15, 0.2) is 0 Å². The minimum Gasteiger partial charge on any atom is -0.352 e. The number of hydrogen-bond acceptors (Lipinski definition) is 2. The van der Waals surface area contributed by atoms with E-state index in [0.29, 0.717) is 6.54 Å². The Morgan fingerprint density at radius 1 is 0.692 bits per heavy atom. The molecule has 132 valence electrons. The Morgan fingerprint density at radius 2 is 1.23 bits per heavy atom. The van der Waals surface area contributed by atoms with Crippen molar-refractivity contribution >= 4 is 17.7 Å². The minimum absolute atomic E-state index is 0.00980. The van der Waals surface area contributed by atoms with Crippen molar-refractivity contribution in [2.75, 3.05) is 6.54 Å². The Balaban J connectivity index is 1.42. The number of nitrogens with one attached hydrogen (secondary N) is 1. The summed E-state index contributed by atoms with van der Waals surface area (Å²) in [6.45, 7) is 0.650. The summed E-state index contributed by atoms with van der Waals surface area (Å²) < 4.78 is 0. The highest BCUT2D eigenvalue weighted by Gasteiger charge is 2.05. The molecule has 2 nitrogen and oxygen atoms in total. The largest absolute Gasteiger partial charge is 0.352 e. The summed E-state index contributed by atoms with van der Waals surface area (Å²) in [4.78, 5) is 12.2. The first-order chi connectivity index (χ1) is 12.8. The molecule has 0 atom stereocenters. The zero-order chi connectivity index (χ0) is 18.0. The highest BCUT2D eigenvalue weighted by Crippen LogP contribution is 2.18. The van der Waals surface area contributed by atoms with Gasteiger partial charge in [0.05, 0.1) is 0 Å². The second-order valence-electron chi connectivity index (χ2n) is 6.17. The molecule has 0 spiro atoms. The molecule has 0 heterocycles. The van der Waals surface area contributed by atoms with Crippen LogP contribution in [0.25, 0.3) is 0 Å². The van der Waals surface area contributed by atoms with E-state index < -0.39 is 0 Å². The maximum atomic E-state index is 12.2. The molecule has 3 heteroatoms. The molecular weight excluding hydrogens is 338 g/mol.